The maximum Gasteiger partial charge on any atom is 0.436 e. The van der Waals surface area contributed by atoms with Gasteiger partial charge >= 0.3 is 6.09 Å². The minimum absolute atomic E-state index is 0.205. The minimum Gasteiger partial charge on any atom is -0.312 e. The predicted molar refractivity (Wildman–Crippen MR) is 155 cm³/mol. The zero-order valence-corrected chi connectivity index (χ0v) is 25.3. The summed E-state index contributed by atoms with van der Waals surface area (Å²) in [4.78, 5) is 35.0. The summed E-state index contributed by atoms with van der Waals surface area (Å²) >= 11 is 0. The van der Waals surface area contributed by atoms with Crippen molar-refractivity contribution in [3.63, 3.8) is 0 Å². The van der Waals surface area contributed by atoms with Crippen LogP contribution in [0.25, 0.3) is 0 Å². The summed E-state index contributed by atoms with van der Waals surface area (Å²) in [6.45, 7) is 12.4. The number of carbonyl (C=O) groups is 2. The molecule has 2 unspecified atom stereocenters. The fourth-order valence-electron chi connectivity index (χ4n) is 9.48. The Kier molecular flexibility index (Phi) is 8.32. The molecule has 3 saturated carbocycles. The van der Waals surface area contributed by atoms with E-state index in [2.05, 4.69) is 43.1 Å². The quantitative estimate of drug-likeness (QED) is 0.262. The maximum atomic E-state index is 13.2. The molecule has 0 aromatic rings. The van der Waals surface area contributed by atoms with Crippen LogP contribution in [0.5, 0.6) is 0 Å². The number of hydrogen-bond donors (Lipinski definition) is 1. The average molecular weight is 541 g/mol. The van der Waals surface area contributed by atoms with E-state index >= 15 is 0 Å². The monoisotopic (exact) mass is 540 g/mol. The van der Waals surface area contributed by atoms with E-state index in [1.807, 2.05) is 25.1 Å². The third kappa shape index (κ3) is 5.59. The van der Waals surface area contributed by atoms with Crippen molar-refractivity contribution in [3.8, 4) is 0 Å². The van der Waals surface area contributed by atoms with E-state index in [1.165, 1.54) is 31.3 Å². The third-order valence-electron chi connectivity index (χ3n) is 11.7. The molecule has 0 aromatic carbocycles. The van der Waals surface area contributed by atoms with Crippen LogP contribution in [-0.4, -0.2) is 73.7 Å². The first-order chi connectivity index (χ1) is 18.5. The Bertz CT molecular complexity index is 1010. The van der Waals surface area contributed by atoms with Gasteiger partial charge in [-0.15, -0.1) is 0 Å². The van der Waals surface area contributed by atoms with E-state index in [1.54, 1.807) is 0 Å². The van der Waals surface area contributed by atoms with Crippen LogP contribution in [0.15, 0.2) is 16.8 Å². The number of likely N-dealkylation sites (N-methyl/N-ethyl adjacent to an activating group) is 1. The second-order valence-electron chi connectivity index (χ2n) is 14.4. The summed E-state index contributed by atoms with van der Waals surface area (Å²) < 4.78 is 0. The van der Waals surface area contributed by atoms with Gasteiger partial charge in [-0.25, -0.2) is 4.79 Å². The van der Waals surface area contributed by atoms with E-state index in [0.29, 0.717) is 55.0 Å². The van der Waals surface area contributed by atoms with Gasteiger partial charge in [-0.3, -0.25) is 9.63 Å². The number of ketones is 1. The van der Waals surface area contributed by atoms with Crippen molar-refractivity contribution in [3.05, 3.63) is 11.6 Å². The Balaban J connectivity index is 1.25. The Morgan fingerprint density at radius 3 is 2.62 bits per heavy atom. The van der Waals surface area contributed by atoms with Gasteiger partial charge in [0, 0.05) is 38.0 Å². The molecule has 5 rings (SSSR count). The van der Waals surface area contributed by atoms with Crippen molar-refractivity contribution in [2.45, 2.75) is 91.5 Å². The summed E-state index contributed by atoms with van der Waals surface area (Å²) in [5.41, 5.74) is 2.83. The average Bonchev–Trinajstić information content (AvgIpc) is 3.47. The molecular weight excluding hydrogens is 488 g/mol. The van der Waals surface area contributed by atoms with Gasteiger partial charge in [-0.05, 0) is 120 Å². The van der Waals surface area contributed by atoms with Crippen molar-refractivity contribution < 1.29 is 14.4 Å². The van der Waals surface area contributed by atoms with E-state index in [-0.39, 0.29) is 16.9 Å². The number of rotatable bonds is 7. The van der Waals surface area contributed by atoms with Crippen molar-refractivity contribution in [1.82, 2.24) is 15.1 Å². The molecule has 5 aliphatic rings. The number of hydrogen-bond acceptors (Lipinski definition) is 6. The van der Waals surface area contributed by atoms with E-state index in [4.69, 9.17) is 4.84 Å². The van der Waals surface area contributed by atoms with Gasteiger partial charge in [0.05, 0.1) is 5.71 Å². The molecule has 1 N–H and O–H groups in total. The molecule has 39 heavy (non-hydrogen) atoms. The second kappa shape index (κ2) is 11.3. The van der Waals surface area contributed by atoms with Crippen LogP contribution in [0.4, 0.5) is 4.79 Å². The number of fused-ring (bicyclic) bond motifs is 5. The standard InChI is InChI=1S/C32H52N4O3/c1-21-17-24(33-19-21)20-36(16-15-35(5)6)30(38)39-34-22(2)27-9-10-28-26-8-7-23-18-25(37)11-13-31(23,3)29(26)12-14-32(27,28)4/h18,21,24,26-29,33H,7-17,19-20H2,1-6H3/b34-22+/t21?,24?,26-,27+,28-,29-,31-,32+/m0/s1. The molecular formula is C32H52N4O3. The summed E-state index contributed by atoms with van der Waals surface area (Å²) in [6.07, 6.45) is 11.6. The molecule has 4 aliphatic carbocycles. The predicted octanol–water partition coefficient (Wildman–Crippen LogP) is 5.51. The largest absolute Gasteiger partial charge is 0.436 e. The molecule has 7 nitrogen and oxygen atoms in total. The van der Waals surface area contributed by atoms with Gasteiger partial charge in [0.1, 0.15) is 0 Å². The first kappa shape index (κ1) is 28.8. The molecule has 0 radical (unpaired) electrons. The van der Waals surface area contributed by atoms with E-state index in [0.717, 1.165) is 50.4 Å². The molecule has 1 amide bonds. The molecule has 4 fully saturated rings. The summed E-state index contributed by atoms with van der Waals surface area (Å²) in [6, 6.07) is 0.319. The topological polar surface area (TPSA) is 74.2 Å². The molecule has 7 heteroatoms. The Morgan fingerprint density at radius 1 is 1.10 bits per heavy atom. The smallest absolute Gasteiger partial charge is 0.312 e. The van der Waals surface area contributed by atoms with Gasteiger partial charge in [-0.1, -0.05) is 31.5 Å². The lowest BCUT2D eigenvalue weighted by Gasteiger charge is -2.58. The van der Waals surface area contributed by atoms with Gasteiger partial charge in [-0.2, -0.15) is 0 Å². The van der Waals surface area contributed by atoms with Crippen molar-refractivity contribution >= 4 is 17.6 Å². The van der Waals surface area contributed by atoms with Crippen LogP contribution < -0.4 is 5.32 Å². The lowest BCUT2D eigenvalue weighted by atomic mass is 9.46. The molecule has 1 heterocycles. The fraction of sp³-hybridized carbons (Fsp3) is 0.844. The number of nitrogens with zero attached hydrogens (tertiary/aromatic N) is 3. The van der Waals surface area contributed by atoms with Crippen molar-refractivity contribution in [2.75, 3.05) is 40.3 Å². The first-order valence-electron chi connectivity index (χ1n) is 15.6. The van der Waals surface area contributed by atoms with Crippen LogP contribution in [0.1, 0.15) is 85.5 Å². The normalized spacial score (nSPS) is 40.1. The number of allylic oxidation sites excluding steroid dienone is 1. The molecule has 0 bridgehead atoms. The Labute approximate surface area is 236 Å². The molecule has 1 aliphatic heterocycles. The summed E-state index contributed by atoms with van der Waals surface area (Å²) in [7, 11) is 4.07. The van der Waals surface area contributed by atoms with E-state index in [9.17, 15) is 9.59 Å². The van der Waals surface area contributed by atoms with Crippen LogP contribution >= 0.6 is 0 Å². The second-order valence-corrected chi connectivity index (χ2v) is 14.4. The van der Waals surface area contributed by atoms with Crippen LogP contribution in [0.2, 0.25) is 0 Å². The number of nitrogens with one attached hydrogen (secondary N) is 1. The van der Waals surface area contributed by atoms with Crippen LogP contribution in [-0.2, 0) is 9.63 Å². The summed E-state index contributed by atoms with van der Waals surface area (Å²) in [5.74, 6) is 3.44. The molecule has 218 valence electrons. The molecule has 8 atom stereocenters. The van der Waals surface area contributed by atoms with Crippen molar-refractivity contribution in [1.29, 1.82) is 0 Å². The number of carbonyl (C=O) groups excluding carboxylic acids is 2. The number of amides is 1. The Morgan fingerprint density at radius 2 is 1.90 bits per heavy atom. The van der Waals surface area contributed by atoms with Crippen molar-refractivity contribution in [2.24, 2.45) is 45.6 Å². The van der Waals surface area contributed by atoms with Gasteiger partial charge in [0.2, 0.25) is 0 Å². The SMILES string of the molecule is C/C(=N\OC(=O)N(CCN(C)C)CC1CC(C)CN1)[C@H]1CC[C@H]2[C@@H]3CCC4=CC(=O)CC[C@]4(C)[C@H]3CC[C@]12C. The van der Waals surface area contributed by atoms with Crippen LogP contribution in [0, 0.1) is 40.4 Å². The first-order valence-corrected chi connectivity index (χ1v) is 15.6. The maximum absolute atomic E-state index is 13.2. The fourth-order valence-corrected chi connectivity index (χ4v) is 9.48. The lowest BCUT2D eigenvalue weighted by molar-refractivity contribution is -0.117. The highest BCUT2D eigenvalue weighted by Gasteiger charge is 2.59. The molecule has 0 spiro atoms. The van der Waals surface area contributed by atoms with E-state index < -0.39 is 0 Å². The zero-order valence-electron chi connectivity index (χ0n) is 25.3. The summed E-state index contributed by atoms with van der Waals surface area (Å²) in [5, 5.41) is 8.07. The Hall–Kier alpha value is -1.73. The zero-order chi connectivity index (χ0) is 27.9. The van der Waals surface area contributed by atoms with Gasteiger partial charge in [0.25, 0.3) is 0 Å². The highest BCUT2D eigenvalue weighted by molar-refractivity contribution is 5.91. The highest BCUT2D eigenvalue weighted by atomic mass is 16.7. The highest BCUT2D eigenvalue weighted by Crippen LogP contribution is 2.66. The van der Waals surface area contributed by atoms with Gasteiger partial charge in [0.15, 0.2) is 5.78 Å². The minimum atomic E-state index is -0.327. The number of oxime groups is 1. The van der Waals surface area contributed by atoms with Gasteiger partial charge < -0.3 is 15.1 Å². The lowest BCUT2D eigenvalue weighted by Crippen LogP contribution is -2.51. The molecule has 1 saturated heterocycles. The third-order valence-corrected chi connectivity index (χ3v) is 11.7. The van der Waals surface area contributed by atoms with Crippen LogP contribution in [0.3, 0.4) is 0 Å². The molecule has 0 aromatic heterocycles.